The molecule has 6 heteroatoms. The molecule has 0 unspecified atom stereocenters. The topological polar surface area (TPSA) is 63.6 Å². The minimum atomic E-state index is -0.166. The van der Waals surface area contributed by atoms with E-state index in [-0.39, 0.29) is 11.5 Å². The van der Waals surface area contributed by atoms with E-state index in [4.69, 9.17) is 4.74 Å². The summed E-state index contributed by atoms with van der Waals surface area (Å²) in [6.07, 6.45) is 8.04. The summed E-state index contributed by atoms with van der Waals surface area (Å²) < 4.78 is 6.75. The number of carbonyl (C=O) groups excluding carboxylic acids is 1. The number of rotatable bonds is 7. The van der Waals surface area contributed by atoms with Gasteiger partial charge in [0, 0.05) is 41.8 Å². The van der Waals surface area contributed by atoms with Crippen LogP contribution in [-0.2, 0) is 0 Å². The lowest BCUT2D eigenvalue weighted by molar-refractivity contribution is 0.0945. The Morgan fingerprint density at radius 2 is 1.75 bits per heavy atom. The maximum absolute atomic E-state index is 13.1. The molecule has 1 saturated carbocycles. The Balaban J connectivity index is 1.57. The average Bonchev–Trinajstić information content (AvgIpc) is 2.85. The molecular weight excluding hydrogens is 402 g/mol. The van der Waals surface area contributed by atoms with Gasteiger partial charge in [-0.3, -0.25) is 14.2 Å². The van der Waals surface area contributed by atoms with Gasteiger partial charge in [0.2, 0.25) is 0 Å². The van der Waals surface area contributed by atoms with Crippen molar-refractivity contribution in [3.63, 3.8) is 0 Å². The predicted octanol–water partition coefficient (Wildman–Crippen LogP) is 3.99. The number of nitrogens with one attached hydrogen (secondary N) is 1. The van der Waals surface area contributed by atoms with Crippen LogP contribution in [0.5, 0.6) is 5.75 Å². The highest BCUT2D eigenvalue weighted by Gasteiger charge is 2.19. The molecule has 6 nitrogen and oxygen atoms in total. The Hall–Kier alpha value is -3.12. The number of carbonyl (C=O) groups is 1. The van der Waals surface area contributed by atoms with E-state index in [1.165, 1.54) is 36.7 Å². The SMILES string of the molecule is COc1ccc(-n2cc(C(=O)NCCN(C)C3CCCCC3)c3ccccc3c2=O)cc1. The first kappa shape index (κ1) is 22.1. The van der Waals surface area contributed by atoms with Gasteiger partial charge in [-0.25, -0.2) is 0 Å². The van der Waals surface area contributed by atoms with E-state index in [9.17, 15) is 9.59 Å². The Morgan fingerprint density at radius 1 is 1.06 bits per heavy atom. The quantitative estimate of drug-likeness (QED) is 0.612. The fourth-order valence-corrected chi connectivity index (χ4v) is 4.55. The van der Waals surface area contributed by atoms with Gasteiger partial charge in [-0.05, 0) is 50.2 Å². The number of fused-ring (bicyclic) bond motifs is 1. The molecule has 4 rings (SSSR count). The highest BCUT2D eigenvalue weighted by atomic mass is 16.5. The van der Waals surface area contributed by atoms with Crippen molar-refractivity contribution in [2.75, 3.05) is 27.2 Å². The molecule has 1 N–H and O–H groups in total. The number of benzene rings is 2. The number of hydrogen-bond donors (Lipinski definition) is 1. The van der Waals surface area contributed by atoms with Crippen LogP contribution < -0.4 is 15.6 Å². The van der Waals surface area contributed by atoms with E-state index in [0.717, 1.165) is 6.54 Å². The van der Waals surface area contributed by atoms with Gasteiger partial charge in [0.1, 0.15) is 5.75 Å². The summed E-state index contributed by atoms with van der Waals surface area (Å²) in [6.45, 7) is 1.38. The zero-order valence-corrected chi connectivity index (χ0v) is 18.8. The summed E-state index contributed by atoms with van der Waals surface area (Å²) in [5, 5.41) is 4.25. The van der Waals surface area contributed by atoms with Gasteiger partial charge in [-0.1, -0.05) is 37.5 Å². The number of nitrogens with zero attached hydrogens (tertiary/aromatic N) is 2. The molecule has 0 bridgehead atoms. The fraction of sp³-hybridized carbons (Fsp3) is 0.385. The van der Waals surface area contributed by atoms with E-state index in [2.05, 4.69) is 17.3 Å². The van der Waals surface area contributed by atoms with Crippen molar-refractivity contribution in [1.29, 1.82) is 0 Å². The maximum atomic E-state index is 13.1. The molecule has 1 aromatic heterocycles. The summed E-state index contributed by atoms with van der Waals surface area (Å²) in [7, 11) is 3.74. The average molecular weight is 434 g/mol. The molecule has 1 aliphatic rings. The molecule has 0 spiro atoms. The number of aromatic nitrogens is 1. The minimum absolute atomic E-state index is 0.153. The molecule has 1 heterocycles. The third-order valence-corrected chi connectivity index (χ3v) is 6.47. The number of hydrogen-bond acceptors (Lipinski definition) is 4. The second-order valence-electron chi connectivity index (χ2n) is 8.49. The Kier molecular flexibility index (Phi) is 6.90. The van der Waals surface area contributed by atoms with Crippen molar-refractivity contribution < 1.29 is 9.53 Å². The first-order valence-corrected chi connectivity index (χ1v) is 11.4. The molecule has 0 aliphatic heterocycles. The van der Waals surface area contributed by atoms with Crippen LogP contribution in [0.3, 0.4) is 0 Å². The molecular formula is C26H31N3O3. The zero-order chi connectivity index (χ0) is 22.5. The third kappa shape index (κ3) is 4.70. The van der Waals surface area contributed by atoms with E-state index in [1.807, 2.05) is 30.3 Å². The maximum Gasteiger partial charge on any atom is 0.262 e. The molecule has 0 saturated heterocycles. The molecule has 168 valence electrons. The number of likely N-dealkylation sites (N-methyl/N-ethyl adjacent to an activating group) is 1. The van der Waals surface area contributed by atoms with Gasteiger partial charge in [-0.15, -0.1) is 0 Å². The Bertz CT molecular complexity index is 1130. The molecule has 1 aliphatic carbocycles. The van der Waals surface area contributed by atoms with Gasteiger partial charge in [0.05, 0.1) is 12.7 Å². The number of ether oxygens (including phenoxy) is 1. The van der Waals surface area contributed by atoms with Crippen LogP contribution in [-0.4, -0.2) is 48.7 Å². The van der Waals surface area contributed by atoms with Crippen molar-refractivity contribution in [3.05, 3.63) is 70.6 Å². The lowest BCUT2D eigenvalue weighted by atomic mass is 9.94. The van der Waals surface area contributed by atoms with Crippen molar-refractivity contribution in [2.24, 2.45) is 0 Å². The highest BCUT2D eigenvalue weighted by molar-refractivity contribution is 6.06. The lowest BCUT2D eigenvalue weighted by Crippen LogP contribution is -2.39. The number of methoxy groups -OCH3 is 1. The van der Waals surface area contributed by atoms with E-state index in [0.29, 0.717) is 40.4 Å². The van der Waals surface area contributed by atoms with E-state index >= 15 is 0 Å². The molecule has 2 aromatic carbocycles. The van der Waals surface area contributed by atoms with Crippen LogP contribution in [0.1, 0.15) is 42.5 Å². The Labute approximate surface area is 188 Å². The monoisotopic (exact) mass is 433 g/mol. The zero-order valence-electron chi connectivity index (χ0n) is 18.8. The highest BCUT2D eigenvalue weighted by Crippen LogP contribution is 2.22. The fourth-order valence-electron chi connectivity index (χ4n) is 4.55. The molecule has 1 fully saturated rings. The number of amides is 1. The minimum Gasteiger partial charge on any atom is -0.497 e. The largest absolute Gasteiger partial charge is 0.497 e. The Morgan fingerprint density at radius 3 is 2.44 bits per heavy atom. The van der Waals surface area contributed by atoms with Crippen molar-refractivity contribution in [1.82, 2.24) is 14.8 Å². The van der Waals surface area contributed by atoms with Crippen LogP contribution >= 0.6 is 0 Å². The summed E-state index contributed by atoms with van der Waals surface area (Å²) in [5.74, 6) is 0.545. The van der Waals surface area contributed by atoms with Crippen molar-refractivity contribution in [3.8, 4) is 11.4 Å². The molecule has 0 atom stereocenters. The van der Waals surface area contributed by atoms with E-state index in [1.54, 1.807) is 31.5 Å². The normalized spacial score (nSPS) is 14.6. The van der Waals surface area contributed by atoms with Crippen LogP contribution in [0, 0.1) is 0 Å². The molecule has 3 aromatic rings. The van der Waals surface area contributed by atoms with E-state index < -0.39 is 0 Å². The van der Waals surface area contributed by atoms with Crippen molar-refractivity contribution in [2.45, 2.75) is 38.1 Å². The van der Waals surface area contributed by atoms with Crippen LogP contribution in [0.2, 0.25) is 0 Å². The molecule has 1 amide bonds. The van der Waals surface area contributed by atoms with Gasteiger partial charge >= 0.3 is 0 Å². The number of pyridine rings is 1. The van der Waals surface area contributed by atoms with Crippen LogP contribution in [0.4, 0.5) is 0 Å². The standard InChI is InChI=1S/C26H31N3O3/c1-28(19-8-4-3-5-9-19)17-16-27-25(30)24-18-29(20-12-14-21(32-2)15-13-20)26(31)23-11-7-6-10-22(23)24/h6-7,10-15,18-19H,3-5,8-9,16-17H2,1-2H3,(H,27,30). The first-order chi connectivity index (χ1) is 15.6. The van der Waals surface area contributed by atoms with Crippen LogP contribution in [0.25, 0.3) is 16.5 Å². The second kappa shape index (κ2) is 10.0. The first-order valence-electron chi connectivity index (χ1n) is 11.4. The van der Waals surface area contributed by atoms with Gasteiger partial charge in [0.15, 0.2) is 0 Å². The van der Waals surface area contributed by atoms with Gasteiger partial charge in [-0.2, -0.15) is 0 Å². The van der Waals surface area contributed by atoms with Crippen LogP contribution in [0.15, 0.2) is 59.5 Å². The van der Waals surface area contributed by atoms with Gasteiger partial charge < -0.3 is 15.0 Å². The smallest absolute Gasteiger partial charge is 0.262 e. The third-order valence-electron chi connectivity index (χ3n) is 6.47. The van der Waals surface area contributed by atoms with Crippen molar-refractivity contribution >= 4 is 16.7 Å². The summed E-state index contributed by atoms with van der Waals surface area (Å²) in [6, 6.07) is 15.1. The predicted molar refractivity (Wildman–Crippen MR) is 128 cm³/mol. The second-order valence-corrected chi connectivity index (χ2v) is 8.49. The van der Waals surface area contributed by atoms with Gasteiger partial charge in [0.25, 0.3) is 11.5 Å². The molecule has 0 radical (unpaired) electrons. The summed E-state index contributed by atoms with van der Waals surface area (Å²) in [4.78, 5) is 28.6. The lowest BCUT2D eigenvalue weighted by Gasteiger charge is -2.31. The summed E-state index contributed by atoms with van der Waals surface area (Å²) in [5.41, 5.74) is 1.03. The summed E-state index contributed by atoms with van der Waals surface area (Å²) >= 11 is 0. The molecule has 32 heavy (non-hydrogen) atoms.